The monoisotopic (exact) mass is 444 g/mol. The van der Waals surface area contributed by atoms with Crippen LogP contribution in [0.25, 0.3) is 32.7 Å². The minimum Gasteiger partial charge on any atom is -0.0683 e. The molecule has 0 heterocycles. The van der Waals surface area contributed by atoms with Crippen molar-refractivity contribution in [2.45, 2.75) is 52.4 Å². The summed E-state index contributed by atoms with van der Waals surface area (Å²) in [5.41, 5.74) is 6.04. The molecule has 0 spiro atoms. The van der Waals surface area contributed by atoms with Crippen molar-refractivity contribution in [3.05, 3.63) is 120 Å². The average molecular weight is 445 g/mol. The number of rotatable bonds is 0. The van der Waals surface area contributed by atoms with E-state index in [0.717, 1.165) is 0 Å². The van der Waals surface area contributed by atoms with E-state index in [9.17, 15) is 0 Å². The summed E-state index contributed by atoms with van der Waals surface area (Å²) in [5, 5.41) is 5.30. The zero-order valence-electron chi connectivity index (χ0n) is 21.4. The Hall–Kier alpha value is -3.38. The molecule has 0 nitrogen and oxygen atoms in total. The molecule has 34 heavy (non-hydrogen) atoms. The first kappa shape index (κ1) is 23.8. The lowest BCUT2D eigenvalue weighted by molar-refractivity contribution is 0.299. The molecule has 0 aromatic heterocycles. The molecule has 0 saturated carbocycles. The van der Waals surface area contributed by atoms with Gasteiger partial charge < -0.3 is 0 Å². The Labute approximate surface area is 205 Å². The fourth-order valence-electron chi connectivity index (χ4n) is 5.15. The molecule has 0 aliphatic heterocycles. The van der Waals surface area contributed by atoms with Crippen LogP contribution < -0.4 is 0 Å². The number of hydrogen-bond donors (Lipinski definition) is 0. The molecule has 172 valence electrons. The molecule has 0 atom stereocenters. The van der Waals surface area contributed by atoms with Gasteiger partial charge in [-0.2, -0.15) is 0 Å². The van der Waals surface area contributed by atoms with E-state index in [4.69, 9.17) is 0 Å². The lowest BCUT2D eigenvalue weighted by atomic mass is 9.55. The van der Waals surface area contributed by atoms with E-state index in [1.54, 1.807) is 0 Å². The van der Waals surface area contributed by atoms with Crippen molar-refractivity contribution in [3.8, 4) is 11.1 Å². The van der Waals surface area contributed by atoms with Crippen molar-refractivity contribution in [2.24, 2.45) is 0 Å². The first-order valence-corrected chi connectivity index (χ1v) is 12.5. The normalized spacial score (nSPS) is 14.6. The Morgan fingerprint density at radius 3 is 1.12 bits per heavy atom. The second-order valence-corrected chi connectivity index (χ2v) is 9.85. The van der Waals surface area contributed by atoms with E-state index in [2.05, 4.69) is 137 Å². The van der Waals surface area contributed by atoms with Gasteiger partial charge in [0.05, 0.1) is 0 Å². The third kappa shape index (κ3) is 3.92. The highest BCUT2D eigenvalue weighted by Crippen LogP contribution is 2.53. The lowest BCUT2D eigenvalue weighted by Crippen LogP contribution is -2.43. The van der Waals surface area contributed by atoms with Crippen LogP contribution in [0.15, 0.2) is 109 Å². The molecule has 0 saturated heterocycles. The standard InChI is InChI=1S/C18H20.C14H10.C2H6/c1-17(2)15-11-7-5-9-13(15)14-10-6-8-12-16(14)18(17,3)4;1-3-7-13-11(5-1)9-10-12-6-2-4-8-14(12)13;1-2/h5-12H,1-4H3;1-10H;1-2H3. The van der Waals surface area contributed by atoms with Crippen molar-refractivity contribution < 1.29 is 0 Å². The highest BCUT2D eigenvalue weighted by molar-refractivity contribution is 6.07. The van der Waals surface area contributed by atoms with Gasteiger partial charge in [-0.3, -0.25) is 0 Å². The molecule has 0 bridgehead atoms. The van der Waals surface area contributed by atoms with E-state index >= 15 is 0 Å². The zero-order chi connectivity index (χ0) is 24.3. The van der Waals surface area contributed by atoms with E-state index in [1.165, 1.54) is 43.8 Å². The Kier molecular flexibility index (Phi) is 6.62. The molecular weight excluding hydrogens is 408 g/mol. The Morgan fingerprint density at radius 1 is 0.382 bits per heavy atom. The minimum atomic E-state index is 0.151. The van der Waals surface area contributed by atoms with Crippen molar-refractivity contribution in [1.29, 1.82) is 0 Å². The van der Waals surface area contributed by atoms with E-state index in [1.807, 2.05) is 13.8 Å². The van der Waals surface area contributed by atoms with Crippen molar-refractivity contribution in [2.75, 3.05) is 0 Å². The second kappa shape index (κ2) is 9.47. The summed E-state index contributed by atoms with van der Waals surface area (Å²) in [4.78, 5) is 0. The third-order valence-electron chi connectivity index (χ3n) is 7.71. The molecule has 0 unspecified atom stereocenters. The maximum atomic E-state index is 2.36. The summed E-state index contributed by atoms with van der Waals surface area (Å²) in [6.07, 6.45) is 0. The average Bonchev–Trinajstić information content (AvgIpc) is 2.89. The van der Waals surface area contributed by atoms with Crippen LogP contribution in [0.5, 0.6) is 0 Å². The van der Waals surface area contributed by atoms with Crippen LogP contribution in [-0.2, 0) is 10.8 Å². The SMILES string of the molecule is CC.CC1(C)c2ccccc2-c2ccccc2C1(C)C.c1ccc2c(c1)ccc1ccccc12. The van der Waals surface area contributed by atoms with Crippen LogP contribution in [0.2, 0.25) is 0 Å². The molecular formula is C34H36. The van der Waals surface area contributed by atoms with Crippen LogP contribution in [0.1, 0.15) is 52.7 Å². The Balaban J connectivity index is 0.000000154. The highest BCUT2D eigenvalue weighted by Gasteiger charge is 2.45. The molecule has 0 N–H and O–H groups in total. The van der Waals surface area contributed by atoms with Gasteiger partial charge in [-0.15, -0.1) is 0 Å². The van der Waals surface area contributed by atoms with Gasteiger partial charge in [-0.05, 0) is 54.6 Å². The predicted molar refractivity (Wildman–Crippen MR) is 151 cm³/mol. The van der Waals surface area contributed by atoms with E-state index in [0.29, 0.717) is 0 Å². The van der Waals surface area contributed by atoms with Crippen molar-refractivity contribution in [3.63, 3.8) is 0 Å². The molecule has 1 aliphatic rings. The van der Waals surface area contributed by atoms with Crippen LogP contribution >= 0.6 is 0 Å². The molecule has 0 fully saturated rings. The summed E-state index contributed by atoms with van der Waals surface area (Å²) < 4.78 is 0. The second-order valence-electron chi connectivity index (χ2n) is 9.85. The maximum Gasteiger partial charge on any atom is -0.000568 e. The number of fused-ring (bicyclic) bond motifs is 6. The quantitative estimate of drug-likeness (QED) is 0.208. The molecule has 0 heteroatoms. The molecule has 5 aromatic rings. The van der Waals surface area contributed by atoms with Gasteiger partial charge in [0.25, 0.3) is 0 Å². The number of benzene rings is 5. The summed E-state index contributed by atoms with van der Waals surface area (Å²) in [6, 6.07) is 39.0. The van der Waals surface area contributed by atoms with Gasteiger partial charge in [-0.1, -0.05) is 151 Å². The van der Waals surface area contributed by atoms with Gasteiger partial charge in [0.15, 0.2) is 0 Å². The molecule has 0 radical (unpaired) electrons. The van der Waals surface area contributed by atoms with Gasteiger partial charge in [0, 0.05) is 0 Å². The van der Waals surface area contributed by atoms with Crippen molar-refractivity contribution in [1.82, 2.24) is 0 Å². The largest absolute Gasteiger partial charge is 0.0683 e. The summed E-state index contributed by atoms with van der Waals surface area (Å²) in [7, 11) is 0. The molecule has 1 aliphatic carbocycles. The van der Waals surface area contributed by atoms with Gasteiger partial charge in [-0.25, -0.2) is 0 Å². The summed E-state index contributed by atoms with van der Waals surface area (Å²) in [6.45, 7) is 13.5. The summed E-state index contributed by atoms with van der Waals surface area (Å²) in [5.74, 6) is 0. The first-order valence-electron chi connectivity index (χ1n) is 12.5. The molecule has 6 rings (SSSR count). The fourth-order valence-corrected chi connectivity index (χ4v) is 5.15. The van der Waals surface area contributed by atoms with E-state index in [-0.39, 0.29) is 10.8 Å². The molecule has 0 amide bonds. The van der Waals surface area contributed by atoms with E-state index < -0.39 is 0 Å². The maximum absolute atomic E-state index is 2.36. The van der Waals surface area contributed by atoms with Gasteiger partial charge in [0.1, 0.15) is 0 Å². The van der Waals surface area contributed by atoms with Crippen LogP contribution in [0.4, 0.5) is 0 Å². The van der Waals surface area contributed by atoms with Crippen LogP contribution in [-0.4, -0.2) is 0 Å². The Morgan fingerprint density at radius 2 is 0.706 bits per heavy atom. The lowest BCUT2D eigenvalue weighted by Gasteiger charge is -2.48. The highest BCUT2D eigenvalue weighted by atomic mass is 14.5. The minimum absolute atomic E-state index is 0.151. The summed E-state index contributed by atoms with van der Waals surface area (Å²) >= 11 is 0. The fraction of sp³-hybridized carbons (Fsp3) is 0.235. The smallest absolute Gasteiger partial charge is 0.000568 e. The zero-order valence-corrected chi connectivity index (χ0v) is 21.4. The predicted octanol–water partition coefficient (Wildman–Crippen LogP) is 9.94. The van der Waals surface area contributed by atoms with Crippen molar-refractivity contribution >= 4 is 21.5 Å². The van der Waals surface area contributed by atoms with Gasteiger partial charge >= 0.3 is 0 Å². The third-order valence-corrected chi connectivity index (χ3v) is 7.71. The van der Waals surface area contributed by atoms with Gasteiger partial charge in [0.2, 0.25) is 0 Å². The Bertz CT molecular complexity index is 1310. The van der Waals surface area contributed by atoms with Crippen LogP contribution in [0, 0.1) is 0 Å². The first-order chi connectivity index (χ1) is 16.4. The number of hydrogen-bond acceptors (Lipinski definition) is 0. The van der Waals surface area contributed by atoms with Crippen LogP contribution in [0.3, 0.4) is 0 Å². The topological polar surface area (TPSA) is 0 Å². The molecule has 5 aromatic carbocycles.